The lowest BCUT2D eigenvalue weighted by atomic mass is 10.1. The molecule has 1 aliphatic rings. The van der Waals surface area contributed by atoms with Crippen molar-refractivity contribution in [3.8, 4) is 0 Å². The second-order valence-corrected chi connectivity index (χ2v) is 6.23. The first-order chi connectivity index (χ1) is 9.78. The SMILES string of the molecule is CNC(c1ccccc1)c1nnc(C2COC(C)C2)s1. The van der Waals surface area contributed by atoms with Gasteiger partial charge in [0.1, 0.15) is 10.0 Å². The molecule has 0 saturated carbocycles. The Balaban J connectivity index is 1.81. The van der Waals surface area contributed by atoms with Crippen molar-refractivity contribution in [2.45, 2.75) is 31.4 Å². The first kappa shape index (κ1) is 13.7. The maximum atomic E-state index is 5.62. The van der Waals surface area contributed by atoms with Gasteiger partial charge >= 0.3 is 0 Å². The van der Waals surface area contributed by atoms with Crippen LogP contribution in [0.4, 0.5) is 0 Å². The second-order valence-electron chi connectivity index (χ2n) is 5.19. The molecule has 20 heavy (non-hydrogen) atoms. The van der Waals surface area contributed by atoms with E-state index in [1.54, 1.807) is 11.3 Å². The Bertz CT molecular complexity index is 557. The van der Waals surface area contributed by atoms with E-state index in [1.807, 2.05) is 25.2 Å². The third-order valence-electron chi connectivity index (χ3n) is 3.67. The molecule has 0 radical (unpaired) electrons. The summed E-state index contributed by atoms with van der Waals surface area (Å²) in [5, 5.41) is 14.2. The molecule has 0 spiro atoms. The van der Waals surface area contributed by atoms with Gasteiger partial charge in [0.15, 0.2) is 0 Å². The third-order valence-corrected chi connectivity index (χ3v) is 4.82. The molecule has 3 atom stereocenters. The fraction of sp³-hybridized carbons (Fsp3) is 0.467. The second kappa shape index (κ2) is 5.99. The van der Waals surface area contributed by atoms with Crippen LogP contribution in [-0.4, -0.2) is 30.0 Å². The van der Waals surface area contributed by atoms with Crippen LogP contribution in [-0.2, 0) is 4.74 Å². The molecule has 1 aromatic heterocycles. The molecule has 1 aliphatic heterocycles. The van der Waals surface area contributed by atoms with Gasteiger partial charge in [-0.2, -0.15) is 0 Å². The normalized spacial score (nSPS) is 23.9. The Morgan fingerprint density at radius 2 is 2.10 bits per heavy atom. The van der Waals surface area contributed by atoms with Crippen molar-refractivity contribution in [2.75, 3.05) is 13.7 Å². The summed E-state index contributed by atoms with van der Waals surface area (Å²) in [6.45, 7) is 2.88. The molecule has 1 saturated heterocycles. The van der Waals surface area contributed by atoms with Crippen molar-refractivity contribution in [3.05, 3.63) is 45.9 Å². The summed E-state index contributed by atoms with van der Waals surface area (Å²) in [6.07, 6.45) is 1.38. The maximum absolute atomic E-state index is 5.62. The topological polar surface area (TPSA) is 47.0 Å². The lowest BCUT2D eigenvalue weighted by Gasteiger charge is -2.12. The Hall–Kier alpha value is -1.30. The smallest absolute Gasteiger partial charge is 0.139 e. The molecule has 1 aromatic carbocycles. The highest BCUT2D eigenvalue weighted by Crippen LogP contribution is 2.33. The number of nitrogens with zero attached hydrogens (tertiary/aromatic N) is 2. The molecule has 106 valence electrons. The molecule has 3 rings (SSSR count). The van der Waals surface area contributed by atoms with E-state index in [1.165, 1.54) is 5.56 Å². The minimum atomic E-state index is 0.113. The predicted octanol–water partition coefficient (Wildman–Crippen LogP) is 2.74. The third kappa shape index (κ3) is 2.75. The van der Waals surface area contributed by atoms with E-state index in [4.69, 9.17) is 4.74 Å². The van der Waals surface area contributed by atoms with Gasteiger partial charge in [0.05, 0.1) is 18.8 Å². The van der Waals surface area contributed by atoms with Crippen LogP contribution < -0.4 is 5.32 Å². The van der Waals surface area contributed by atoms with Crippen molar-refractivity contribution < 1.29 is 4.74 Å². The van der Waals surface area contributed by atoms with Crippen LogP contribution in [0.3, 0.4) is 0 Å². The molecule has 2 aromatic rings. The van der Waals surface area contributed by atoms with Crippen LogP contribution in [0.2, 0.25) is 0 Å². The van der Waals surface area contributed by atoms with Crippen LogP contribution in [0.1, 0.15) is 40.9 Å². The first-order valence-corrected chi connectivity index (χ1v) is 7.76. The Morgan fingerprint density at radius 1 is 1.30 bits per heavy atom. The van der Waals surface area contributed by atoms with Crippen molar-refractivity contribution in [1.29, 1.82) is 0 Å². The van der Waals surface area contributed by atoms with Gasteiger partial charge in [0, 0.05) is 5.92 Å². The predicted molar refractivity (Wildman–Crippen MR) is 80.0 cm³/mol. The molecule has 4 nitrogen and oxygen atoms in total. The molecule has 0 aliphatic carbocycles. The highest BCUT2D eigenvalue weighted by molar-refractivity contribution is 7.11. The highest BCUT2D eigenvalue weighted by Gasteiger charge is 2.28. The molecule has 1 N–H and O–H groups in total. The minimum Gasteiger partial charge on any atom is -0.378 e. The first-order valence-electron chi connectivity index (χ1n) is 6.95. The van der Waals surface area contributed by atoms with Gasteiger partial charge in [-0.05, 0) is 26.0 Å². The van der Waals surface area contributed by atoms with E-state index < -0.39 is 0 Å². The summed E-state index contributed by atoms with van der Waals surface area (Å²) >= 11 is 1.69. The van der Waals surface area contributed by atoms with Gasteiger partial charge in [0.2, 0.25) is 0 Å². The zero-order chi connectivity index (χ0) is 13.9. The summed E-state index contributed by atoms with van der Waals surface area (Å²) in [5.74, 6) is 0.407. The summed E-state index contributed by atoms with van der Waals surface area (Å²) in [6, 6.07) is 10.5. The van der Waals surface area contributed by atoms with Crippen molar-refractivity contribution in [2.24, 2.45) is 0 Å². The van der Waals surface area contributed by atoms with E-state index in [0.717, 1.165) is 23.0 Å². The van der Waals surface area contributed by atoms with Crippen LogP contribution in [0, 0.1) is 0 Å². The summed E-state index contributed by atoms with van der Waals surface area (Å²) < 4.78 is 5.62. The van der Waals surface area contributed by atoms with E-state index in [-0.39, 0.29) is 6.04 Å². The fourth-order valence-corrected chi connectivity index (χ4v) is 3.68. The van der Waals surface area contributed by atoms with Crippen molar-refractivity contribution in [3.63, 3.8) is 0 Å². The van der Waals surface area contributed by atoms with E-state index in [9.17, 15) is 0 Å². The lowest BCUT2D eigenvalue weighted by molar-refractivity contribution is 0.123. The summed E-state index contributed by atoms with van der Waals surface area (Å²) in [4.78, 5) is 0. The molecular weight excluding hydrogens is 270 g/mol. The number of nitrogens with one attached hydrogen (secondary N) is 1. The van der Waals surface area contributed by atoms with Crippen LogP contribution in [0.5, 0.6) is 0 Å². The van der Waals surface area contributed by atoms with Gasteiger partial charge in [-0.3, -0.25) is 0 Å². The average Bonchev–Trinajstić information content (AvgIpc) is 3.10. The minimum absolute atomic E-state index is 0.113. The zero-order valence-corrected chi connectivity index (χ0v) is 12.6. The lowest BCUT2D eigenvalue weighted by Crippen LogP contribution is -2.17. The standard InChI is InChI=1S/C15H19N3OS/c1-10-8-12(9-19-10)14-17-18-15(20-14)13(16-2)11-6-4-3-5-7-11/h3-7,10,12-13,16H,8-9H2,1-2H3. The van der Waals surface area contributed by atoms with Crippen LogP contribution in [0.25, 0.3) is 0 Å². The van der Waals surface area contributed by atoms with Gasteiger partial charge in [-0.1, -0.05) is 41.7 Å². The molecule has 1 fully saturated rings. The molecule has 0 amide bonds. The van der Waals surface area contributed by atoms with E-state index >= 15 is 0 Å². The van der Waals surface area contributed by atoms with Gasteiger partial charge in [0.25, 0.3) is 0 Å². The number of ether oxygens (including phenoxy) is 1. The molecule has 0 bridgehead atoms. The Kier molecular flexibility index (Phi) is 4.10. The number of benzene rings is 1. The van der Waals surface area contributed by atoms with Crippen molar-refractivity contribution >= 4 is 11.3 Å². The zero-order valence-electron chi connectivity index (χ0n) is 11.7. The number of hydrogen-bond acceptors (Lipinski definition) is 5. The number of rotatable bonds is 4. The van der Waals surface area contributed by atoms with Crippen LogP contribution >= 0.6 is 11.3 Å². The summed E-state index contributed by atoms with van der Waals surface area (Å²) in [5.41, 5.74) is 1.22. The highest BCUT2D eigenvalue weighted by atomic mass is 32.1. The molecular formula is C15H19N3OS. The molecule has 5 heteroatoms. The van der Waals surface area contributed by atoms with Crippen molar-refractivity contribution in [1.82, 2.24) is 15.5 Å². The van der Waals surface area contributed by atoms with Crippen LogP contribution in [0.15, 0.2) is 30.3 Å². The maximum Gasteiger partial charge on any atom is 0.139 e. The Labute approximate surface area is 123 Å². The Morgan fingerprint density at radius 3 is 2.75 bits per heavy atom. The largest absolute Gasteiger partial charge is 0.378 e. The fourth-order valence-electron chi connectivity index (χ4n) is 2.60. The van der Waals surface area contributed by atoms with E-state index in [0.29, 0.717) is 12.0 Å². The number of hydrogen-bond donors (Lipinski definition) is 1. The monoisotopic (exact) mass is 289 g/mol. The quantitative estimate of drug-likeness (QED) is 0.940. The van der Waals surface area contributed by atoms with Gasteiger partial charge in [-0.15, -0.1) is 10.2 Å². The summed E-state index contributed by atoms with van der Waals surface area (Å²) in [7, 11) is 1.96. The molecule has 3 unspecified atom stereocenters. The van der Waals surface area contributed by atoms with Gasteiger partial charge in [-0.25, -0.2) is 0 Å². The van der Waals surface area contributed by atoms with E-state index in [2.05, 4.69) is 34.6 Å². The van der Waals surface area contributed by atoms with Gasteiger partial charge < -0.3 is 10.1 Å². The molecule has 2 heterocycles. The number of aromatic nitrogens is 2. The average molecular weight is 289 g/mol.